The van der Waals surface area contributed by atoms with E-state index < -0.39 is 18.5 Å². The molecule has 7 nitrogen and oxygen atoms in total. The van der Waals surface area contributed by atoms with Gasteiger partial charge in [-0.25, -0.2) is 4.79 Å². The van der Waals surface area contributed by atoms with Crippen molar-refractivity contribution in [1.82, 2.24) is 10.2 Å². The molecule has 2 amide bonds. The number of rotatable bonds is 8. The van der Waals surface area contributed by atoms with Crippen LogP contribution in [0.1, 0.15) is 27.7 Å². The van der Waals surface area contributed by atoms with Crippen LogP contribution in [0.4, 0.5) is 0 Å². The minimum absolute atomic E-state index is 0.0200. The molecule has 0 spiro atoms. The van der Waals surface area contributed by atoms with E-state index in [2.05, 4.69) is 5.32 Å². The van der Waals surface area contributed by atoms with Crippen LogP contribution in [-0.2, 0) is 20.9 Å². The van der Waals surface area contributed by atoms with E-state index in [0.717, 1.165) is 4.88 Å². The molecule has 27 heavy (non-hydrogen) atoms. The number of amides is 2. The van der Waals surface area contributed by atoms with Gasteiger partial charge in [0.15, 0.2) is 6.61 Å². The van der Waals surface area contributed by atoms with Gasteiger partial charge in [-0.15, -0.1) is 11.3 Å². The molecule has 144 valence electrons. The molecule has 0 bridgehead atoms. The molecule has 0 atom stereocenters. The number of phenolic OH excluding ortho intramolecular Hbond substituents is 1. The topological polar surface area (TPSA) is 95.9 Å². The highest BCUT2D eigenvalue weighted by Gasteiger charge is 2.18. The number of thiophene rings is 1. The Kier molecular flexibility index (Phi) is 7.36. The average Bonchev–Trinajstić information content (AvgIpc) is 3.18. The van der Waals surface area contributed by atoms with Crippen molar-refractivity contribution in [3.05, 3.63) is 51.7 Å². The molecule has 1 aromatic heterocycles. The summed E-state index contributed by atoms with van der Waals surface area (Å²) in [7, 11) is 0. The zero-order valence-electron chi connectivity index (χ0n) is 15.2. The lowest BCUT2D eigenvalue weighted by molar-refractivity contribution is -0.138. The largest absolute Gasteiger partial charge is 0.508 e. The van der Waals surface area contributed by atoms with Crippen molar-refractivity contribution in [3.8, 4) is 5.75 Å². The predicted octanol–water partition coefficient (Wildman–Crippen LogP) is 2.08. The molecule has 0 aliphatic carbocycles. The molecular weight excluding hydrogens is 368 g/mol. The Morgan fingerprint density at radius 3 is 2.67 bits per heavy atom. The average molecular weight is 390 g/mol. The molecule has 0 unspecified atom stereocenters. The SMILES string of the molecule is CCN(CC(=O)NCc1cccs1)C(=O)COC(=O)c1ccc(C)c(O)c1. The summed E-state index contributed by atoms with van der Waals surface area (Å²) in [6.07, 6.45) is 0. The van der Waals surface area contributed by atoms with Gasteiger partial charge in [0.2, 0.25) is 5.91 Å². The van der Waals surface area contributed by atoms with E-state index in [1.54, 1.807) is 19.9 Å². The molecule has 0 aliphatic rings. The molecule has 0 aliphatic heterocycles. The third-order valence-corrected chi connectivity index (χ3v) is 4.76. The van der Waals surface area contributed by atoms with Crippen LogP contribution >= 0.6 is 11.3 Å². The van der Waals surface area contributed by atoms with Crippen LogP contribution in [0.2, 0.25) is 0 Å². The molecule has 2 aromatic rings. The summed E-state index contributed by atoms with van der Waals surface area (Å²) in [5.74, 6) is -1.48. The Bertz CT molecular complexity index is 804. The standard InChI is InChI=1S/C19H22N2O5S/c1-3-21(11-17(23)20-10-15-5-4-8-27-15)18(24)12-26-19(25)14-7-6-13(2)16(22)9-14/h4-9,22H,3,10-12H2,1-2H3,(H,20,23). The van der Waals surface area contributed by atoms with Crippen molar-refractivity contribution in [2.45, 2.75) is 20.4 Å². The van der Waals surface area contributed by atoms with Gasteiger partial charge in [0.1, 0.15) is 5.75 Å². The van der Waals surface area contributed by atoms with Crippen LogP contribution in [0.3, 0.4) is 0 Å². The number of likely N-dealkylation sites (N-methyl/N-ethyl adjacent to an activating group) is 1. The maximum absolute atomic E-state index is 12.2. The van der Waals surface area contributed by atoms with Crippen molar-refractivity contribution in [2.75, 3.05) is 19.7 Å². The number of hydrogen-bond acceptors (Lipinski definition) is 6. The number of aromatic hydroxyl groups is 1. The first-order chi connectivity index (χ1) is 12.9. The zero-order chi connectivity index (χ0) is 19.8. The van der Waals surface area contributed by atoms with E-state index in [0.29, 0.717) is 18.7 Å². The van der Waals surface area contributed by atoms with Gasteiger partial charge in [0, 0.05) is 11.4 Å². The number of nitrogens with zero attached hydrogens (tertiary/aromatic N) is 1. The number of hydrogen-bond donors (Lipinski definition) is 2. The lowest BCUT2D eigenvalue weighted by atomic mass is 10.1. The minimum atomic E-state index is -0.711. The van der Waals surface area contributed by atoms with Gasteiger partial charge in [0.05, 0.1) is 18.7 Å². The van der Waals surface area contributed by atoms with Crippen molar-refractivity contribution in [3.63, 3.8) is 0 Å². The fourth-order valence-electron chi connectivity index (χ4n) is 2.24. The molecule has 8 heteroatoms. The maximum Gasteiger partial charge on any atom is 0.338 e. The smallest absolute Gasteiger partial charge is 0.338 e. The Balaban J connectivity index is 1.82. The number of esters is 1. The first-order valence-electron chi connectivity index (χ1n) is 8.44. The summed E-state index contributed by atoms with van der Waals surface area (Å²) in [5.41, 5.74) is 0.788. The normalized spacial score (nSPS) is 10.3. The van der Waals surface area contributed by atoms with Gasteiger partial charge in [-0.1, -0.05) is 12.1 Å². The first-order valence-corrected chi connectivity index (χ1v) is 9.32. The van der Waals surface area contributed by atoms with E-state index in [9.17, 15) is 19.5 Å². The molecule has 0 saturated heterocycles. The van der Waals surface area contributed by atoms with Gasteiger partial charge in [0.25, 0.3) is 5.91 Å². The lowest BCUT2D eigenvalue weighted by Crippen LogP contribution is -2.42. The number of aryl methyl sites for hydroxylation is 1. The molecule has 2 rings (SSSR count). The monoisotopic (exact) mass is 390 g/mol. The number of carbonyl (C=O) groups is 3. The van der Waals surface area contributed by atoms with Crippen LogP contribution in [0.15, 0.2) is 35.7 Å². The Hall–Kier alpha value is -2.87. The third-order valence-electron chi connectivity index (χ3n) is 3.88. The van der Waals surface area contributed by atoms with Gasteiger partial charge < -0.3 is 20.1 Å². The van der Waals surface area contributed by atoms with Crippen molar-refractivity contribution in [2.24, 2.45) is 0 Å². The molecule has 0 radical (unpaired) electrons. The van der Waals surface area contributed by atoms with Gasteiger partial charge in [-0.05, 0) is 43.0 Å². The second-order valence-corrected chi connectivity index (χ2v) is 6.87. The number of benzene rings is 1. The van der Waals surface area contributed by atoms with Crippen molar-refractivity contribution in [1.29, 1.82) is 0 Å². The molecule has 1 heterocycles. The van der Waals surface area contributed by atoms with E-state index >= 15 is 0 Å². The summed E-state index contributed by atoms with van der Waals surface area (Å²) in [6, 6.07) is 8.20. The molecule has 1 aromatic carbocycles. The van der Waals surface area contributed by atoms with E-state index in [1.165, 1.54) is 28.4 Å². The van der Waals surface area contributed by atoms with Crippen molar-refractivity contribution < 1.29 is 24.2 Å². The third kappa shape index (κ3) is 6.10. The van der Waals surface area contributed by atoms with Crippen LogP contribution in [-0.4, -0.2) is 47.5 Å². The second kappa shape index (κ2) is 9.72. The zero-order valence-corrected chi connectivity index (χ0v) is 16.0. The van der Waals surface area contributed by atoms with Gasteiger partial charge in [-0.3, -0.25) is 9.59 Å². The summed E-state index contributed by atoms with van der Waals surface area (Å²) < 4.78 is 5.00. The first kappa shape index (κ1) is 20.4. The lowest BCUT2D eigenvalue weighted by Gasteiger charge is -2.20. The highest BCUT2D eigenvalue weighted by Crippen LogP contribution is 2.18. The minimum Gasteiger partial charge on any atom is -0.508 e. The molecular formula is C19H22N2O5S. The highest BCUT2D eigenvalue weighted by molar-refractivity contribution is 7.09. The van der Waals surface area contributed by atoms with Gasteiger partial charge in [-0.2, -0.15) is 0 Å². The molecule has 2 N–H and O–H groups in total. The number of nitrogens with one attached hydrogen (secondary N) is 1. The maximum atomic E-state index is 12.2. The second-order valence-electron chi connectivity index (χ2n) is 5.84. The van der Waals surface area contributed by atoms with Crippen LogP contribution in [0.25, 0.3) is 0 Å². The van der Waals surface area contributed by atoms with E-state index in [-0.39, 0.29) is 23.8 Å². The fourth-order valence-corrected chi connectivity index (χ4v) is 2.89. The van der Waals surface area contributed by atoms with E-state index in [1.807, 2.05) is 17.5 Å². The summed E-state index contributed by atoms with van der Waals surface area (Å²) >= 11 is 1.54. The Labute approximate surface area is 161 Å². The quantitative estimate of drug-likeness (QED) is 0.673. The summed E-state index contributed by atoms with van der Waals surface area (Å²) in [4.78, 5) is 38.6. The van der Waals surface area contributed by atoms with Crippen molar-refractivity contribution >= 4 is 29.1 Å². The Morgan fingerprint density at radius 2 is 2.04 bits per heavy atom. The highest BCUT2D eigenvalue weighted by atomic mass is 32.1. The van der Waals surface area contributed by atoms with E-state index in [4.69, 9.17) is 4.74 Å². The number of carbonyl (C=O) groups excluding carboxylic acids is 3. The number of phenols is 1. The fraction of sp³-hybridized carbons (Fsp3) is 0.316. The number of ether oxygens (including phenoxy) is 1. The predicted molar refractivity (Wildman–Crippen MR) is 102 cm³/mol. The summed E-state index contributed by atoms with van der Waals surface area (Å²) in [6.45, 7) is 3.59. The molecule has 0 saturated carbocycles. The van der Waals surface area contributed by atoms with Gasteiger partial charge >= 0.3 is 5.97 Å². The summed E-state index contributed by atoms with van der Waals surface area (Å²) in [5, 5.41) is 14.3. The van der Waals surface area contributed by atoms with Crippen LogP contribution in [0, 0.1) is 6.92 Å². The van der Waals surface area contributed by atoms with Crippen LogP contribution < -0.4 is 5.32 Å². The molecule has 0 fully saturated rings. The Morgan fingerprint density at radius 1 is 1.26 bits per heavy atom. The van der Waals surface area contributed by atoms with Crippen LogP contribution in [0.5, 0.6) is 5.75 Å².